The normalized spacial score (nSPS) is 9.86. The molecule has 1 aromatic rings. The lowest BCUT2D eigenvalue weighted by atomic mass is 10.0. The van der Waals surface area contributed by atoms with Crippen molar-refractivity contribution >= 4 is 5.57 Å². The van der Waals surface area contributed by atoms with Crippen molar-refractivity contribution in [3.8, 4) is 0 Å². The van der Waals surface area contributed by atoms with E-state index in [1.807, 2.05) is 0 Å². The summed E-state index contributed by atoms with van der Waals surface area (Å²) in [5, 5.41) is 0. The zero-order chi connectivity index (χ0) is 10.6. The van der Waals surface area contributed by atoms with Crippen LogP contribution in [0.5, 0.6) is 0 Å². The largest absolute Gasteiger partial charge is 0.380 e. The number of benzene rings is 1. The van der Waals surface area contributed by atoms with E-state index in [1.54, 1.807) is 13.2 Å². The Labute approximate surface area is 85.7 Å². The van der Waals surface area contributed by atoms with Gasteiger partial charge in [0.05, 0.1) is 6.61 Å². The molecule has 0 saturated carbocycles. The molecule has 0 aliphatic carbocycles. The maximum absolute atomic E-state index is 5.12. The van der Waals surface area contributed by atoms with Crippen molar-refractivity contribution in [2.75, 3.05) is 7.11 Å². The molecule has 0 heterocycles. The van der Waals surface area contributed by atoms with Crippen LogP contribution in [0.15, 0.2) is 37.4 Å². The summed E-state index contributed by atoms with van der Waals surface area (Å²) in [6.45, 7) is 10.3. The van der Waals surface area contributed by atoms with Gasteiger partial charge in [0.25, 0.3) is 0 Å². The Morgan fingerprint density at radius 2 is 2.21 bits per heavy atom. The first-order valence-electron chi connectivity index (χ1n) is 4.59. The topological polar surface area (TPSA) is 9.23 Å². The van der Waals surface area contributed by atoms with E-state index in [0.717, 1.165) is 11.1 Å². The molecule has 1 rings (SSSR count). The lowest BCUT2D eigenvalue weighted by Gasteiger charge is -2.07. The first kappa shape index (κ1) is 10.7. The van der Waals surface area contributed by atoms with Crippen molar-refractivity contribution in [1.82, 2.24) is 0 Å². The van der Waals surface area contributed by atoms with E-state index >= 15 is 0 Å². The Kier molecular flexibility index (Phi) is 3.66. The van der Waals surface area contributed by atoms with E-state index in [2.05, 4.69) is 38.3 Å². The molecule has 0 aliphatic rings. The Balaban J connectivity index is 3.05. The molecule has 1 nitrogen and oxygen atoms in total. The molecule has 14 heavy (non-hydrogen) atoms. The second-order valence-corrected chi connectivity index (χ2v) is 3.30. The summed E-state index contributed by atoms with van der Waals surface area (Å²) >= 11 is 0. The molecule has 0 aromatic heterocycles. The third-order valence-electron chi connectivity index (χ3n) is 2.27. The molecule has 0 unspecified atom stereocenters. The molecular weight excluding hydrogens is 172 g/mol. The Hall–Kier alpha value is -1.34. The van der Waals surface area contributed by atoms with Crippen molar-refractivity contribution in [2.45, 2.75) is 13.5 Å². The molecule has 0 atom stereocenters. The van der Waals surface area contributed by atoms with Gasteiger partial charge >= 0.3 is 0 Å². The lowest BCUT2D eigenvalue weighted by Crippen LogP contribution is -1.93. The highest BCUT2D eigenvalue weighted by Crippen LogP contribution is 2.18. The average molecular weight is 188 g/mol. The van der Waals surface area contributed by atoms with E-state index < -0.39 is 0 Å². The fraction of sp³-hybridized carbons (Fsp3) is 0.231. The maximum Gasteiger partial charge on any atom is 0.0715 e. The van der Waals surface area contributed by atoms with E-state index in [1.165, 1.54) is 11.1 Å². The number of rotatable bonds is 4. The van der Waals surface area contributed by atoms with Gasteiger partial charge in [-0.3, -0.25) is 0 Å². The monoisotopic (exact) mass is 188 g/mol. The van der Waals surface area contributed by atoms with Gasteiger partial charge in [-0.05, 0) is 35.3 Å². The third-order valence-corrected chi connectivity index (χ3v) is 2.27. The fourth-order valence-electron chi connectivity index (χ4n) is 1.30. The lowest BCUT2D eigenvalue weighted by molar-refractivity contribution is 0.184. The minimum atomic E-state index is 0.643. The van der Waals surface area contributed by atoms with Gasteiger partial charge in [-0.15, -0.1) is 0 Å². The predicted molar refractivity (Wildman–Crippen MR) is 61.1 cm³/mol. The summed E-state index contributed by atoms with van der Waals surface area (Å²) in [6, 6.07) is 6.24. The quantitative estimate of drug-likeness (QED) is 0.658. The second kappa shape index (κ2) is 4.77. The number of hydrogen-bond acceptors (Lipinski definition) is 1. The number of methoxy groups -OCH3 is 1. The molecule has 0 saturated heterocycles. The maximum atomic E-state index is 5.12. The van der Waals surface area contributed by atoms with Crippen molar-refractivity contribution in [3.05, 3.63) is 54.1 Å². The molecule has 0 spiro atoms. The van der Waals surface area contributed by atoms with Crippen LogP contribution in [-0.4, -0.2) is 7.11 Å². The van der Waals surface area contributed by atoms with Gasteiger partial charge in [-0.1, -0.05) is 31.4 Å². The third kappa shape index (κ3) is 2.33. The van der Waals surface area contributed by atoms with Crippen LogP contribution in [-0.2, 0) is 11.3 Å². The molecule has 0 aliphatic heterocycles. The van der Waals surface area contributed by atoms with Crippen LogP contribution < -0.4 is 0 Å². The van der Waals surface area contributed by atoms with Crippen molar-refractivity contribution in [1.29, 1.82) is 0 Å². The summed E-state index contributed by atoms with van der Waals surface area (Å²) in [7, 11) is 1.70. The second-order valence-electron chi connectivity index (χ2n) is 3.30. The van der Waals surface area contributed by atoms with Crippen molar-refractivity contribution < 1.29 is 4.74 Å². The molecule has 0 radical (unpaired) electrons. The Morgan fingerprint density at radius 3 is 2.79 bits per heavy atom. The molecule has 1 heteroatoms. The zero-order valence-electron chi connectivity index (χ0n) is 8.84. The summed E-state index contributed by atoms with van der Waals surface area (Å²) in [4.78, 5) is 0. The van der Waals surface area contributed by atoms with E-state index in [9.17, 15) is 0 Å². The van der Waals surface area contributed by atoms with Crippen LogP contribution in [0.2, 0.25) is 0 Å². The highest BCUT2D eigenvalue weighted by molar-refractivity contribution is 5.71. The number of hydrogen-bond donors (Lipinski definition) is 0. The Morgan fingerprint density at radius 1 is 1.50 bits per heavy atom. The first-order valence-corrected chi connectivity index (χ1v) is 4.59. The molecule has 74 valence electrons. The minimum Gasteiger partial charge on any atom is -0.380 e. The standard InChI is InChI=1S/C13H16O/c1-5-10(2)12-7-6-11(3)13(8-12)9-14-4/h5-8H,1-2,9H2,3-4H3. The SMILES string of the molecule is C=CC(=C)c1ccc(C)c(COC)c1. The number of ether oxygens (including phenoxy) is 1. The van der Waals surface area contributed by atoms with Gasteiger partial charge in [-0.25, -0.2) is 0 Å². The van der Waals surface area contributed by atoms with Gasteiger partial charge in [0.1, 0.15) is 0 Å². The van der Waals surface area contributed by atoms with E-state index in [-0.39, 0.29) is 0 Å². The molecular formula is C13H16O. The number of aryl methyl sites for hydroxylation is 1. The Bertz CT molecular complexity index is 350. The first-order chi connectivity index (χ1) is 6.69. The summed E-state index contributed by atoms with van der Waals surface area (Å²) in [5.41, 5.74) is 4.50. The van der Waals surface area contributed by atoms with Crippen LogP contribution in [0, 0.1) is 6.92 Å². The van der Waals surface area contributed by atoms with Gasteiger partial charge < -0.3 is 4.74 Å². The molecule has 1 aromatic carbocycles. The summed E-state index contributed by atoms with van der Waals surface area (Å²) < 4.78 is 5.12. The molecule has 0 amide bonds. The van der Waals surface area contributed by atoms with E-state index in [4.69, 9.17) is 4.74 Å². The van der Waals surface area contributed by atoms with Gasteiger partial charge in [-0.2, -0.15) is 0 Å². The smallest absolute Gasteiger partial charge is 0.0715 e. The fourth-order valence-corrected chi connectivity index (χ4v) is 1.30. The number of allylic oxidation sites excluding steroid dienone is 2. The van der Waals surface area contributed by atoms with Crippen LogP contribution >= 0.6 is 0 Å². The highest BCUT2D eigenvalue weighted by Gasteiger charge is 2.00. The van der Waals surface area contributed by atoms with Gasteiger partial charge in [0.15, 0.2) is 0 Å². The molecule has 0 N–H and O–H groups in total. The summed E-state index contributed by atoms with van der Waals surface area (Å²) in [5.74, 6) is 0. The molecule has 0 fully saturated rings. The zero-order valence-corrected chi connectivity index (χ0v) is 8.84. The van der Waals surface area contributed by atoms with Gasteiger partial charge in [0.2, 0.25) is 0 Å². The van der Waals surface area contributed by atoms with Crippen LogP contribution in [0.25, 0.3) is 5.57 Å². The predicted octanol–water partition coefficient (Wildman–Crippen LogP) is 3.34. The van der Waals surface area contributed by atoms with Crippen LogP contribution in [0.4, 0.5) is 0 Å². The summed E-state index contributed by atoms with van der Waals surface area (Å²) in [6.07, 6.45) is 1.77. The van der Waals surface area contributed by atoms with E-state index in [0.29, 0.717) is 6.61 Å². The van der Waals surface area contributed by atoms with Crippen molar-refractivity contribution in [2.24, 2.45) is 0 Å². The minimum absolute atomic E-state index is 0.643. The highest BCUT2D eigenvalue weighted by atomic mass is 16.5. The van der Waals surface area contributed by atoms with Gasteiger partial charge in [0, 0.05) is 7.11 Å². The van der Waals surface area contributed by atoms with Crippen LogP contribution in [0.1, 0.15) is 16.7 Å². The average Bonchev–Trinajstić information content (AvgIpc) is 2.20. The van der Waals surface area contributed by atoms with Crippen molar-refractivity contribution in [3.63, 3.8) is 0 Å². The molecule has 0 bridgehead atoms. The van der Waals surface area contributed by atoms with Crippen LogP contribution in [0.3, 0.4) is 0 Å².